The second-order valence-electron chi connectivity index (χ2n) is 9.30. The highest BCUT2D eigenvalue weighted by molar-refractivity contribution is 5.96. The van der Waals surface area contributed by atoms with Gasteiger partial charge in [-0.15, -0.1) is 0 Å². The highest BCUT2D eigenvalue weighted by Gasteiger charge is 2.47. The van der Waals surface area contributed by atoms with Gasteiger partial charge >= 0.3 is 0 Å². The summed E-state index contributed by atoms with van der Waals surface area (Å²) in [5, 5.41) is 23.9. The molecular weight excluding hydrogens is 430 g/mol. The number of primary amides is 1. The molecule has 0 spiro atoms. The summed E-state index contributed by atoms with van der Waals surface area (Å²) in [6.07, 6.45) is 6.02. The maximum atomic E-state index is 13.4. The molecular formula is C27H41N3O4. The number of nitrogens with zero attached hydrogens (tertiary/aromatic N) is 1. The Labute approximate surface area is 203 Å². The van der Waals surface area contributed by atoms with Crippen molar-refractivity contribution in [3.8, 4) is 0 Å². The van der Waals surface area contributed by atoms with Crippen molar-refractivity contribution < 1.29 is 19.8 Å². The van der Waals surface area contributed by atoms with E-state index in [0.29, 0.717) is 31.6 Å². The standard InChI is InChI=1S/C27H41N3O4/c1-4-14-30(15-5-2)25(33)22-12-9-13-27(17-22,26(28)34)23(16-21-10-7-6-8-11-21)24(32)19-29-18-20(3)31/h6-13,20,23-24,29,31-32H,4-5,14-19H2,1-3H3,(H2,28,34)/t20?,23-,24+,27?/m1/s1. The van der Waals surface area contributed by atoms with Crippen LogP contribution in [0.5, 0.6) is 0 Å². The number of carbonyl (C=O) groups is 2. The van der Waals surface area contributed by atoms with Crippen LogP contribution < -0.4 is 11.1 Å². The number of hydrogen-bond donors (Lipinski definition) is 4. The highest BCUT2D eigenvalue weighted by Crippen LogP contribution is 2.42. The average Bonchev–Trinajstić information content (AvgIpc) is 2.82. The first-order chi connectivity index (χ1) is 16.2. The van der Waals surface area contributed by atoms with E-state index in [9.17, 15) is 19.8 Å². The van der Waals surface area contributed by atoms with E-state index in [-0.39, 0.29) is 18.9 Å². The van der Waals surface area contributed by atoms with Gasteiger partial charge in [0.25, 0.3) is 0 Å². The summed E-state index contributed by atoms with van der Waals surface area (Å²) >= 11 is 0. The molecule has 7 nitrogen and oxygen atoms in total. The van der Waals surface area contributed by atoms with Crippen LogP contribution in [0.3, 0.4) is 0 Å². The van der Waals surface area contributed by atoms with Gasteiger partial charge in [-0.25, -0.2) is 0 Å². The maximum Gasteiger partial charge on any atom is 0.249 e. The summed E-state index contributed by atoms with van der Waals surface area (Å²) in [5.41, 5.74) is 6.30. The molecule has 188 valence electrons. The van der Waals surface area contributed by atoms with Crippen molar-refractivity contribution in [3.63, 3.8) is 0 Å². The first kappa shape index (κ1) is 27.8. The fraction of sp³-hybridized carbons (Fsp3) is 0.556. The highest BCUT2D eigenvalue weighted by atomic mass is 16.3. The lowest BCUT2D eigenvalue weighted by Gasteiger charge is -2.41. The van der Waals surface area contributed by atoms with E-state index >= 15 is 0 Å². The number of nitrogens with one attached hydrogen (secondary N) is 1. The number of hydrogen-bond acceptors (Lipinski definition) is 5. The van der Waals surface area contributed by atoms with Gasteiger partial charge in [-0.3, -0.25) is 9.59 Å². The van der Waals surface area contributed by atoms with Crippen LogP contribution in [0.2, 0.25) is 0 Å². The van der Waals surface area contributed by atoms with Crippen molar-refractivity contribution in [2.24, 2.45) is 17.1 Å². The molecule has 0 radical (unpaired) electrons. The van der Waals surface area contributed by atoms with E-state index in [1.807, 2.05) is 49.1 Å². The molecule has 0 aromatic heterocycles. The molecule has 1 aromatic rings. The summed E-state index contributed by atoms with van der Waals surface area (Å²) in [6, 6.07) is 9.66. The predicted octanol–water partition coefficient (Wildman–Crippen LogP) is 2.18. The third kappa shape index (κ3) is 7.26. The van der Waals surface area contributed by atoms with E-state index < -0.39 is 29.4 Å². The first-order valence-electron chi connectivity index (χ1n) is 12.3. The molecule has 5 N–H and O–H groups in total. The summed E-state index contributed by atoms with van der Waals surface area (Å²) in [6.45, 7) is 7.54. The van der Waals surface area contributed by atoms with Crippen LogP contribution in [0, 0.1) is 11.3 Å². The second-order valence-corrected chi connectivity index (χ2v) is 9.30. The zero-order chi connectivity index (χ0) is 25.1. The van der Waals surface area contributed by atoms with Crippen LogP contribution in [0.1, 0.15) is 45.6 Å². The molecule has 2 rings (SSSR count). The Balaban J connectivity index is 2.39. The number of rotatable bonds is 14. The van der Waals surface area contributed by atoms with Crippen molar-refractivity contribution in [1.29, 1.82) is 0 Å². The third-order valence-corrected chi connectivity index (χ3v) is 6.40. The number of amides is 2. The van der Waals surface area contributed by atoms with Crippen molar-refractivity contribution >= 4 is 11.8 Å². The van der Waals surface area contributed by atoms with Crippen LogP contribution in [0.4, 0.5) is 0 Å². The van der Waals surface area contributed by atoms with Crippen LogP contribution >= 0.6 is 0 Å². The fourth-order valence-electron chi connectivity index (χ4n) is 4.69. The lowest BCUT2D eigenvalue weighted by Crippen LogP contribution is -2.51. The smallest absolute Gasteiger partial charge is 0.249 e. The molecule has 2 unspecified atom stereocenters. The quantitative estimate of drug-likeness (QED) is 0.332. The van der Waals surface area contributed by atoms with Gasteiger partial charge in [0.15, 0.2) is 0 Å². The van der Waals surface area contributed by atoms with Crippen molar-refractivity contribution in [3.05, 3.63) is 59.7 Å². The molecule has 1 aliphatic rings. The van der Waals surface area contributed by atoms with Crippen LogP contribution in [0.15, 0.2) is 54.1 Å². The summed E-state index contributed by atoms with van der Waals surface area (Å²) in [4.78, 5) is 28.2. The number of aliphatic hydroxyl groups excluding tert-OH is 2. The molecule has 0 aliphatic heterocycles. The zero-order valence-corrected chi connectivity index (χ0v) is 20.7. The Hall–Kier alpha value is -2.48. The molecule has 1 aromatic carbocycles. The third-order valence-electron chi connectivity index (χ3n) is 6.40. The fourth-order valence-corrected chi connectivity index (χ4v) is 4.69. The monoisotopic (exact) mass is 471 g/mol. The van der Waals surface area contributed by atoms with E-state index in [2.05, 4.69) is 5.32 Å². The maximum absolute atomic E-state index is 13.4. The minimum absolute atomic E-state index is 0.0844. The molecule has 0 bridgehead atoms. The summed E-state index contributed by atoms with van der Waals surface area (Å²) in [7, 11) is 0. The summed E-state index contributed by atoms with van der Waals surface area (Å²) < 4.78 is 0. The summed E-state index contributed by atoms with van der Waals surface area (Å²) in [5.74, 6) is -1.21. The Bertz CT molecular complexity index is 847. The van der Waals surface area contributed by atoms with E-state index in [1.165, 1.54) is 0 Å². The molecule has 4 atom stereocenters. The first-order valence-corrected chi connectivity index (χ1v) is 12.3. The van der Waals surface area contributed by atoms with Gasteiger partial charge in [-0.1, -0.05) is 62.4 Å². The van der Waals surface area contributed by atoms with Gasteiger partial charge < -0.3 is 26.2 Å². The average molecular weight is 472 g/mol. The molecule has 0 fully saturated rings. The van der Waals surface area contributed by atoms with E-state index in [1.54, 1.807) is 25.2 Å². The number of aliphatic hydroxyl groups is 2. The molecule has 1 aliphatic carbocycles. The Kier molecular flexibility index (Phi) is 11.0. The minimum Gasteiger partial charge on any atom is -0.392 e. The SMILES string of the molecule is CCCN(CCC)C(=O)C1=CC=CC(C(N)=O)([C@H](Cc2ccccc2)[C@@H](O)CNCC(C)O)C1. The number of benzene rings is 1. The number of carbonyl (C=O) groups excluding carboxylic acids is 2. The van der Waals surface area contributed by atoms with Crippen molar-refractivity contribution in [1.82, 2.24) is 10.2 Å². The normalized spacial score (nSPS) is 20.3. The minimum atomic E-state index is -1.22. The van der Waals surface area contributed by atoms with E-state index in [4.69, 9.17) is 5.73 Å². The Morgan fingerprint density at radius 1 is 1.12 bits per heavy atom. The second kappa shape index (κ2) is 13.4. The van der Waals surface area contributed by atoms with Gasteiger partial charge in [0.05, 0.1) is 17.6 Å². The lowest BCUT2D eigenvalue weighted by molar-refractivity contribution is -0.132. The van der Waals surface area contributed by atoms with Gasteiger partial charge in [-0.2, -0.15) is 0 Å². The van der Waals surface area contributed by atoms with Crippen LogP contribution in [0.25, 0.3) is 0 Å². The van der Waals surface area contributed by atoms with Gasteiger partial charge in [-0.05, 0) is 38.2 Å². The van der Waals surface area contributed by atoms with Gasteiger partial charge in [0.2, 0.25) is 11.8 Å². The lowest BCUT2D eigenvalue weighted by atomic mass is 9.64. The van der Waals surface area contributed by atoms with Gasteiger partial charge in [0.1, 0.15) is 0 Å². The topological polar surface area (TPSA) is 116 Å². The van der Waals surface area contributed by atoms with Crippen molar-refractivity contribution in [2.75, 3.05) is 26.2 Å². The number of allylic oxidation sites excluding steroid dienone is 2. The Morgan fingerprint density at radius 2 is 1.76 bits per heavy atom. The molecule has 0 saturated heterocycles. The van der Waals surface area contributed by atoms with E-state index in [0.717, 1.165) is 18.4 Å². The van der Waals surface area contributed by atoms with Gasteiger partial charge in [0, 0.05) is 37.7 Å². The molecule has 2 amide bonds. The zero-order valence-electron chi connectivity index (χ0n) is 20.7. The van der Waals surface area contributed by atoms with Crippen molar-refractivity contribution in [2.45, 2.75) is 58.7 Å². The largest absolute Gasteiger partial charge is 0.392 e. The van der Waals surface area contributed by atoms with Crippen LogP contribution in [-0.4, -0.2) is 65.3 Å². The molecule has 7 heteroatoms. The Morgan fingerprint density at radius 3 is 2.32 bits per heavy atom. The molecule has 0 saturated carbocycles. The number of nitrogens with two attached hydrogens (primary N) is 1. The predicted molar refractivity (Wildman–Crippen MR) is 135 cm³/mol. The molecule has 0 heterocycles. The molecule has 34 heavy (non-hydrogen) atoms. The van der Waals surface area contributed by atoms with Crippen LogP contribution in [-0.2, 0) is 16.0 Å².